The van der Waals surface area contributed by atoms with Gasteiger partial charge in [0.05, 0.1) is 5.69 Å². The van der Waals surface area contributed by atoms with Crippen molar-refractivity contribution < 1.29 is 14.0 Å². The lowest BCUT2D eigenvalue weighted by atomic mass is 10.1. The summed E-state index contributed by atoms with van der Waals surface area (Å²) in [6, 6.07) is 6.22. The van der Waals surface area contributed by atoms with Gasteiger partial charge < -0.3 is 24.2 Å². The normalized spacial score (nSPS) is 16.9. The molecule has 8 nitrogen and oxygen atoms in total. The van der Waals surface area contributed by atoms with Gasteiger partial charge in [0.15, 0.2) is 17.5 Å². The zero-order chi connectivity index (χ0) is 20.9. The first kappa shape index (κ1) is 20.5. The Labute approximate surface area is 177 Å². The molecule has 1 fully saturated rings. The van der Waals surface area contributed by atoms with E-state index in [1.165, 1.54) is 11.1 Å². The fourth-order valence-electron chi connectivity index (χ4n) is 3.97. The van der Waals surface area contributed by atoms with Crippen LogP contribution in [0.15, 0.2) is 27.7 Å². The van der Waals surface area contributed by atoms with Crippen LogP contribution < -0.4 is 14.8 Å². The van der Waals surface area contributed by atoms with Crippen LogP contribution >= 0.6 is 0 Å². The van der Waals surface area contributed by atoms with Crippen LogP contribution in [0.1, 0.15) is 29.5 Å². The molecular weight excluding hydrogens is 382 g/mol. The van der Waals surface area contributed by atoms with E-state index in [1.807, 2.05) is 19.9 Å². The lowest BCUT2D eigenvalue weighted by Crippen LogP contribution is -2.52. The molecule has 1 saturated heterocycles. The van der Waals surface area contributed by atoms with E-state index in [9.17, 15) is 0 Å². The second-order valence-corrected chi connectivity index (χ2v) is 7.74. The van der Waals surface area contributed by atoms with Crippen molar-refractivity contribution >= 4 is 5.96 Å². The number of aliphatic imine (C=N–C) groups is 1. The summed E-state index contributed by atoms with van der Waals surface area (Å²) in [6.45, 7) is 12.8. The van der Waals surface area contributed by atoms with Crippen LogP contribution in [-0.4, -0.2) is 67.0 Å². The first-order valence-corrected chi connectivity index (χ1v) is 10.7. The Morgan fingerprint density at radius 3 is 2.67 bits per heavy atom. The average molecular weight is 414 g/mol. The van der Waals surface area contributed by atoms with E-state index in [2.05, 4.69) is 39.3 Å². The van der Waals surface area contributed by atoms with Crippen LogP contribution in [0.5, 0.6) is 11.5 Å². The lowest BCUT2D eigenvalue weighted by molar-refractivity contribution is 0.171. The topological polar surface area (TPSA) is 75.4 Å². The Morgan fingerprint density at radius 2 is 1.93 bits per heavy atom. The van der Waals surface area contributed by atoms with E-state index in [0.717, 1.165) is 81.1 Å². The molecule has 1 aromatic heterocycles. The molecule has 162 valence electrons. The highest BCUT2D eigenvalue weighted by Crippen LogP contribution is 2.32. The lowest BCUT2D eigenvalue weighted by Gasteiger charge is -2.36. The molecular formula is C22H31N5O3. The molecule has 0 spiro atoms. The molecule has 3 heterocycles. The molecule has 30 heavy (non-hydrogen) atoms. The average Bonchev–Trinajstić information content (AvgIpc) is 3.34. The van der Waals surface area contributed by atoms with Gasteiger partial charge >= 0.3 is 0 Å². The van der Waals surface area contributed by atoms with Gasteiger partial charge in [0.25, 0.3) is 0 Å². The molecule has 4 rings (SSSR count). The molecule has 0 amide bonds. The number of hydrogen-bond donors (Lipinski definition) is 1. The van der Waals surface area contributed by atoms with Crippen LogP contribution in [-0.2, 0) is 13.0 Å². The fraction of sp³-hybridized carbons (Fsp3) is 0.545. The predicted octanol–water partition coefficient (Wildman–Crippen LogP) is 2.35. The van der Waals surface area contributed by atoms with Crippen LogP contribution in [0.2, 0.25) is 0 Å². The van der Waals surface area contributed by atoms with E-state index in [4.69, 9.17) is 19.0 Å². The van der Waals surface area contributed by atoms with Crippen LogP contribution in [0, 0.1) is 13.8 Å². The summed E-state index contributed by atoms with van der Waals surface area (Å²) >= 11 is 0. The molecule has 1 aromatic carbocycles. The Balaban J connectivity index is 1.30. The number of rotatable bonds is 6. The minimum Gasteiger partial charge on any atom is -0.454 e. The van der Waals surface area contributed by atoms with Gasteiger partial charge in [0.2, 0.25) is 6.79 Å². The van der Waals surface area contributed by atoms with Gasteiger partial charge in [-0.3, -0.25) is 9.89 Å². The van der Waals surface area contributed by atoms with E-state index in [0.29, 0.717) is 6.79 Å². The molecule has 0 saturated carbocycles. The van der Waals surface area contributed by atoms with Gasteiger partial charge in [-0.2, -0.15) is 0 Å². The largest absolute Gasteiger partial charge is 0.454 e. The first-order chi connectivity index (χ1) is 14.6. The Bertz CT molecular complexity index is 867. The molecule has 8 heteroatoms. The minimum absolute atomic E-state index is 0.320. The molecule has 0 radical (unpaired) electrons. The van der Waals surface area contributed by atoms with Crippen molar-refractivity contribution in [2.45, 2.75) is 33.7 Å². The number of nitrogens with one attached hydrogen (secondary N) is 1. The molecule has 0 unspecified atom stereocenters. The molecule has 0 bridgehead atoms. The summed E-state index contributed by atoms with van der Waals surface area (Å²) in [7, 11) is 0. The third-order valence-corrected chi connectivity index (χ3v) is 5.65. The van der Waals surface area contributed by atoms with Crippen molar-refractivity contribution in [1.82, 2.24) is 20.3 Å². The predicted molar refractivity (Wildman–Crippen MR) is 115 cm³/mol. The summed E-state index contributed by atoms with van der Waals surface area (Å²) < 4.78 is 16.2. The highest BCUT2D eigenvalue weighted by atomic mass is 16.7. The van der Waals surface area contributed by atoms with Crippen LogP contribution in [0.25, 0.3) is 0 Å². The Kier molecular flexibility index (Phi) is 6.42. The number of guanidine groups is 1. The molecule has 0 aliphatic carbocycles. The monoisotopic (exact) mass is 413 g/mol. The molecule has 1 N–H and O–H groups in total. The van der Waals surface area contributed by atoms with Crippen molar-refractivity contribution in [2.75, 3.05) is 46.1 Å². The van der Waals surface area contributed by atoms with Crippen molar-refractivity contribution in [3.05, 3.63) is 40.8 Å². The van der Waals surface area contributed by atoms with Gasteiger partial charge in [0.1, 0.15) is 5.76 Å². The number of piperazine rings is 1. The molecule has 0 atom stereocenters. The SMILES string of the molecule is CCNC(=NCCc1c(C)noc1C)N1CCN(Cc2ccc3c(c2)OCO3)CC1. The van der Waals surface area contributed by atoms with Crippen molar-refractivity contribution in [1.29, 1.82) is 0 Å². The second kappa shape index (κ2) is 9.38. The Morgan fingerprint density at radius 1 is 1.13 bits per heavy atom. The third kappa shape index (κ3) is 4.70. The number of nitrogens with zero attached hydrogens (tertiary/aromatic N) is 4. The van der Waals surface area contributed by atoms with Crippen molar-refractivity contribution in [3.8, 4) is 11.5 Å². The maximum atomic E-state index is 5.50. The molecule has 2 aliphatic heterocycles. The third-order valence-electron chi connectivity index (χ3n) is 5.65. The summed E-state index contributed by atoms with van der Waals surface area (Å²) in [5.74, 6) is 3.58. The smallest absolute Gasteiger partial charge is 0.231 e. The van der Waals surface area contributed by atoms with Gasteiger partial charge in [0, 0.05) is 51.4 Å². The standard InChI is InChI=1S/C22H31N5O3/c1-4-23-22(24-8-7-19-16(2)25-30-17(19)3)27-11-9-26(10-12-27)14-18-5-6-20-21(13-18)29-15-28-20/h5-6,13H,4,7-12,14-15H2,1-3H3,(H,23,24). The van der Waals surface area contributed by atoms with Gasteiger partial charge in [-0.15, -0.1) is 0 Å². The minimum atomic E-state index is 0.320. The number of aromatic nitrogens is 1. The first-order valence-electron chi connectivity index (χ1n) is 10.7. The Hall–Kier alpha value is -2.74. The van der Waals surface area contributed by atoms with Crippen molar-refractivity contribution in [2.24, 2.45) is 4.99 Å². The number of ether oxygens (including phenoxy) is 2. The second-order valence-electron chi connectivity index (χ2n) is 7.74. The number of aryl methyl sites for hydroxylation is 2. The van der Waals surface area contributed by atoms with Gasteiger partial charge in [-0.25, -0.2) is 0 Å². The van der Waals surface area contributed by atoms with E-state index >= 15 is 0 Å². The van der Waals surface area contributed by atoms with Crippen LogP contribution in [0.4, 0.5) is 0 Å². The molecule has 2 aliphatic rings. The van der Waals surface area contributed by atoms with E-state index < -0.39 is 0 Å². The number of benzene rings is 1. The maximum Gasteiger partial charge on any atom is 0.231 e. The van der Waals surface area contributed by atoms with Gasteiger partial charge in [-0.1, -0.05) is 11.2 Å². The summed E-state index contributed by atoms with van der Waals surface area (Å²) in [4.78, 5) is 9.68. The highest BCUT2D eigenvalue weighted by molar-refractivity contribution is 5.80. The van der Waals surface area contributed by atoms with E-state index in [1.54, 1.807) is 0 Å². The zero-order valence-electron chi connectivity index (χ0n) is 18.1. The van der Waals surface area contributed by atoms with Gasteiger partial charge in [-0.05, 0) is 44.9 Å². The highest BCUT2D eigenvalue weighted by Gasteiger charge is 2.21. The molecule has 2 aromatic rings. The number of hydrogen-bond acceptors (Lipinski definition) is 6. The quantitative estimate of drug-likeness (QED) is 0.575. The summed E-state index contributed by atoms with van der Waals surface area (Å²) in [6.07, 6.45) is 0.847. The van der Waals surface area contributed by atoms with Crippen molar-refractivity contribution in [3.63, 3.8) is 0 Å². The number of fused-ring (bicyclic) bond motifs is 1. The zero-order valence-corrected chi connectivity index (χ0v) is 18.1. The fourth-order valence-corrected chi connectivity index (χ4v) is 3.97. The maximum absolute atomic E-state index is 5.50. The van der Waals surface area contributed by atoms with E-state index in [-0.39, 0.29) is 0 Å². The van der Waals surface area contributed by atoms with Crippen LogP contribution in [0.3, 0.4) is 0 Å². The summed E-state index contributed by atoms with van der Waals surface area (Å²) in [5, 5.41) is 7.47. The summed E-state index contributed by atoms with van der Waals surface area (Å²) in [5.41, 5.74) is 3.39.